The molecule has 2 aromatic rings. The molecule has 34 heavy (non-hydrogen) atoms. The van der Waals surface area contributed by atoms with Crippen molar-refractivity contribution in [1.29, 1.82) is 0 Å². The normalized spacial score (nSPS) is 15.1. The number of carbonyl (C=O) groups is 2. The van der Waals surface area contributed by atoms with E-state index in [1.54, 1.807) is 28.4 Å². The van der Waals surface area contributed by atoms with Crippen LogP contribution in [0, 0.1) is 0 Å². The number of fused-ring (bicyclic) bond motifs is 1. The van der Waals surface area contributed by atoms with E-state index in [9.17, 15) is 9.59 Å². The van der Waals surface area contributed by atoms with Crippen LogP contribution < -0.4 is 24.3 Å². The zero-order valence-electron chi connectivity index (χ0n) is 20.3. The predicted octanol–water partition coefficient (Wildman–Crippen LogP) is 2.15. The molecular formula is C25H32N2O7. The molecular weight excluding hydrogens is 440 g/mol. The minimum atomic E-state index is -0.490. The standard InChI is InChI=1S/C25H32N2O7/c1-30-20-7-6-16(11-21(20)31-2)10-19-18-13-23(33-4)22(32-3)12-17(18)8-9-27(19)15-24(28)26-14-25(29)34-5/h6-7,11-13,19H,8-10,14-15H2,1-5H3,(H,26,28). The van der Waals surface area contributed by atoms with Crippen molar-refractivity contribution in [1.82, 2.24) is 10.2 Å². The molecule has 1 amide bonds. The van der Waals surface area contributed by atoms with Crippen molar-refractivity contribution in [2.75, 3.05) is 55.2 Å². The Morgan fingerprint density at radius 2 is 1.56 bits per heavy atom. The molecule has 0 fully saturated rings. The second-order valence-electron chi connectivity index (χ2n) is 7.89. The summed E-state index contributed by atoms with van der Waals surface area (Å²) < 4.78 is 26.5. The lowest BCUT2D eigenvalue weighted by atomic mass is 9.88. The fourth-order valence-electron chi connectivity index (χ4n) is 4.22. The third kappa shape index (κ3) is 5.72. The van der Waals surface area contributed by atoms with Crippen molar-refractivity contribution in [3.63, 3.8) is 0 Å². The molecule has 184 valence electrons. The van der Waals surface area contributed by atoms with Crippen molar-refractivity contribution >= 4 is 11.9 Å². The highest BCUT2D eigenvalue weighted by atomic mass is 16.5. The van der Waals surface area contributed by atoms with Gasteiger partial charge in [0.05, 0.1) is 42.1 Å². The molecule has 0 aromatic heterocycles. The molecule has 1 N–H and O–H groups in total. The molecule has 1 heterocycles. The number of hydrogen-bond acceptors (Lipinski definition) is 8. The summed E-state index contributed by atoms with van der Waals surface area (Å²) in [6.07, 6.45) is 1.38. The molecule has 0 radical (unpaired) electrons. The van der Waals surface area contributed by atoms with E-state index in [-0.39, 0.29) is 25.0 Å². The van der Waals surface area contributed by atoms with E-state index < -0.39 is 5.97 Å². The molecule has 9 heteroatoms. The van der Waals surface area contributed by atoms with E-state index in [0.29, 0.717) is 36.0 Å². The molecule has 1 unspecified atom stereocenters. The summed E-state index contributed by atoms with van der Waals surface area (Å²) in [4.78, 5) is 26.1. The van der Waals surface area contributed by atoms with Crippen LogP contribution in [0.4, 0.5) is 0 Å². The van der Waals surface area contributed by atoms with Gasteiger partial charge in [-0.15, -0.1) is 0 Å². The Labute approximate surface area is 199 Å². The Bertz CT molecular complexity index is 1020. The number of carbonyl (C=O) groups excluding carboxylic acids is 2. The maximum atomic E-state index is 12.6. The third-order valence-corrected chi connectivity index (χ3v) is 5.99. The van der Waals surface area contributed by atoms with Gasteiger partial charge in [0.15, 0.2) is 23.0 Å². The number of amides is 1. The van der Waals surface area contributed by atoms with Crippen LogP contribution in [0.25, 0.3) is 0 Å². The van der Waals surface area contributed by atoms with E-state index in [0.717, 1.165) is 23.1 Å². The van der Waals surface area contributed by atoms with Gasteiger partial charge in [-0.05, 0) is 53.8 Å². The van der Waals surface area contributed by atoms with Crippen LogP contribution in [-0.4, -0.2) is 72.0 Å². The van der Waals surface area contributed by atoms with Crippen molar-refractivity contribution in [2.24, 2.45) is 0 Å². The summed E-state index contributed by atoms with van der Waals surface area (Å²) in [5, 5.41) is 2.63. The second kappa shape index (κ2) is 11.6. The fourth-order valence-corrected chi connectivity index (χ4v) is 4.22. The lowest BCUT2D eigenvalue weighted by molar-refractivity contribution is -0.141. The molecule has 0 saturated heterocycles. The highest BCUT2D eigenvalue weighted by Crippen LogP contribution is 2.40. The van der Waals surface area contributed by atoms with Crippen molar-refractivity contribution in [3.05, 3.63) is 47.0 Å². The third-order valence-electron chi connectivity index (χ3n) is 5.99. The quantitative estimate of drug-likeness (QED) is 0.526. The maximum Gasteiger partial charge on any atom is 0.325 e. The van der Waals surface area contributed by atoms with Crippen LogP contribution >= 0.6 is 0 Å². The summed E-state index contributed by atoms with van der Waals surface area (Å²) in [7, 11) is 7.72. The summed E-state index contributed by atoms with van der Waals surface area (Å²) in [6.45, 7) is 0.653. The first-order valence-electron chi connectivity index (χ1n) is 11.0. The van der Waals surface area contributed by atoms with Gasteiger partial charge in [-0.2, -0.15) is 0 Å². The topological polar surface area (TPSA) is 95.6 Å². The molecule has 0 aliphatic carbocycles. The Hall–Kier alpha value is -3.46. The van der Waals surface area contributed by atoms with Crippen LogP contribution in [0.5, 0.6) is 23.0 Å². The Kier molecular flexibility index (Phi) is 8.59. The van der Waals surface area contributed by atoms with Gasteiger partial charge in [0.25, 0.3) is 0 Å². The molecule has 2 aromatic carbocycles. The molecule has 1 aliphatic heterocycles. The van der Waals surface area contributed by atoms with Gasteiger partial charge in [-0.25, -0.2) is 0 Å². The van der Waals surface area contributed by atoms with E-state index in [1.807, 2.05) is 30.3 Å². The van der Waals surface area contributed by atoms with E-state index in [1.165, 1.54) is 7.11 Å². The molecule has 0 saturated carbocycles. The average molecular weight is 473 g/mol. The van der Waals surface area contributed by atoms with Crippen molar-refractivity contribution in [2.45, 2.75) is 18.9 Å². The molecule has 3 rings (SSSR count). The summed E-state index contributed by atoms with van der Waals surface area (Å²) in [6, 6.07) is 9.70. The molecule has 9 nitrogen and oxygen atoms in total. The van der Waals surface area contributed by atoms with Crippen LogP contribution in [0.15, 0.2) is 30.3 Å². The lowest BCUT2D eigenvalue weighted by Crippen LogP contribution is -2.44. The minimum Gasteiger partial charge on any atom is -0.493 e. The van der Waals surface area contributed by atoms with Crippen LogP contribution in [-0.2, 0) is 27.2 Å². The number of methoxy groups -OCH3 is 5. The molecule has 0 bridgehead atoms. The predicted molar refractivity (Wildman–Crippen MR) is 126 cm³/mol. The molecule has 0 spiro atoms. The maximum absolute atomic E-state index is 12.6. The first-order valence-corrected chi connectivity index (χ1v) is 11.0. The zero-order valence-corrected chi connectivity index (χ0v) is 20.3. The smallest absolute Gasteiger partial charge is 0.325 e. The van der Waals surface area contributed by atoms with Gasteiger partial charge in [-0.3, -0.25) is 14.5 Å². The summed E-state index contributed by atoms with van der Waals surface area (Å²) in [5.74, 6) is 1.88. The number of ether oxygens (including phenoxy) is 5. The van der Waals surface area contributed by atoms with E-state index >= 15 is 0 Å². The van der Waals surface area contributed by atoms with Crippen LogP contribution in [0.1, 0.15) is 22.7 Å². The SMILES string of the molecule is COC(=O)CNC(=O)CN1CCc2cc(OC)c(OC)cc2C1Cc1ccc(OC)c(OC)c1. The van der Waals surface area contributed by atoms with Gasteiger partial charge >= 0.3 is 5.97 Å². The number of hydrogen-bond donors (Lipinski definition) is 1. The van der Waals surface area contributed by atoms with Crippen molar-refractivity contribution in [3.8, 4) is 23.0 Å². The molecule has 1 atom stereocenters. The minimum absolute atomic E-state index is 0.106. The summed E-state index contributed by atoms with van der Waals surface area (Å²) >= 11 is 0. The zero-order chi connectivity index (χ0) is 24.7. The Morgan fingerprint density at radius 1 is 0.912 bits per heavy atom. The lowest BCUT2D eigenvalue weighted by Gasteiger charge is -2.37. The van der Waals surface area contributed by atoms with Crippen LogP contribution in [0.3, 0.4) is 0 Å². The van der Waals surface area contributed by atoms with E-state index in [2.05, 4.69) is 15.0 Å². The number of rotatable bonds is 10. The number of benzene rings is 2. The highest BCUT2D eigenvalue weighted by Gasteiger charge is 2.31. The first kappa shape index (κ1) is 25.2. The first-order chi connectivity index (χ1) is 16.4. The number of nitrogens with zero attached hydrogens (tertiary/aromatic N) is 1. The highest BCUT2D eigenvalue weighted by molar-refractivity contribution is 5.83. The van der Waals surface area contributed by atoms with Crippen LogP contribution in [0.2, 0.25) is 0 Å². The largest absolute Gasteiger partial charge is 0.493 e. The van der Waals surface area contributed by atoms with Gasteiger partial charge in [0.1, 0.15) is 6.54 Å². The van der Waals surface area contributed by atoms with Gasteiger partial charge < -0.3 is 29.0 Å². The Balaban J connectivity index is 1.93. The average Bonchev–Trinajstić information content (AvgIpc) is 2.87. The van der Waals surface area contributed by atoms with Gasteiger partial charge in [-0.1, -0.05) is 6.07 Å². The number of esters is 1. The van der Waals surface area contributed by atoms with Gasteiger partial charge in [0, 0.05) is 12.6 Å². The van der Waals surface area contributed by atoms with Crippen molar-refractivity contribution < 1.29 is 33.3 Å². The number of nitrogens with one attached hydrogen (secondary N) is 1. The second-order valence-corrected chi connectivity index (χ2v) is 7.89. The van der Waals surface area contributed by atoms with Gasteiger partial charge in [0.2, 0.25) is 5.91 Å². The molecule has 1 aliphatic rings. The monoisotopic (exact) mass is 472 g/mol. The Morgan fingerprint density at radius 3 is 2.21 bits per heavy atom. The van der Waals surface area contributed by atoms with E-state index in [4.69, 9.17) is 18.9 Å². The fraction of sp³-hybridized carbons (Fsp3) is 0.440. The summed E-state index contributed by atoms with van der Waals surface area (Å²) in [5.41, 5.74) is 3.25.